The van der Waals surface area contributed by atoms with Crippen molar-refractivity contribution in [2.45, 2.75) is 13.8 Å². The quantitative estimate of drug-likeness (QED) is 0.335. The normalized spacial score (nSPS) is 9.88. The summed E-state index contributed by atoms with van der Waals surface area (Å²) in [6.45, 7) is 14.8. The zero-order valence-electron chi connectivity index (χ0n) is 14.9. The highest BCUT2D eigenvalue weighted by Crippen LogP contribution is 2.19. The lowest BCUT2D eigenvalue weighted by atomic mass is 10.0. The molecule has 0 aliphatic heterocycles. The van der Waals surface area contributed by atoms with Crippen LogP contribution in [-0.2, 0) is 0 Å². The molecule has 2 heteroatoms. The van der Waals surface area contributed by atoms with Crippen LogP contribution in [0.1, 0.15) is 19.4 Å². The molecule has 0 aliphatic carbocycles. The second-order valence-corrected chi connectivity index (χ2v) is 6.27. The van der Waals surface area contributed by atoms with Crippen LogP contribution in [0.15, 0.2) is 103 Å². The van der Waals surface area contributed by atoms with Crippen molar-refractivity contribution in [2.24, 2.45) is 0 Å². The fraction of sp³-hybridized carbons (Fsp3) is 0.0870. The van der Waals surface area contributed by atoms with Gasteiger partial charge in [0.1, 0.15) is 0 Å². The lowest BCUT2D eigenvalue weighted by Crippen LogP contribution is -1.90. The van der Waals surface area contributed by atoms with Gasteiger partial charge in [0, 0.05) is 5.71 Å². The monoisotopic (exact) mass is 347 g/mol. The Morgan fingerprint density at radius 1 is 0.840 bits per heavy atom. The Morgan fingerprint density at radius 3 is 1.80 bits per heavy atom. The van der Waals surface area contributed by atoms with Crippen LogP contribution in [0.5, 0.6) is 0 Å². The molecule has 0 unspecified atom stereocenters. The summed E-state index contributed by atoms with van der Waals surface area (Å²) in [6, 6.07) is 18.4. The molecule has 2 aromatic rings. The maximum atomic E-state index is 7.51. The smallest absolute Gasteiger partial charge is 0.0355 e. The third kappa shape index (κ3) is 7.69. The van der Waals surface area contributed by atoms with Crippen molar-refractivity contribution in [3.63, 3.8) is 0 Å². The number of rotatable bonds is 5. The molecule has 0 amide bonds. The summed E-state index contributed by atoms with van der Waals surface area (Å²) < 4.78 is 0. The van der Waals surface area contributed by atoms with Crippen LogP contribution in [0, 0.1) is 5.41 Å². The van der Waals surface area contributed by atoms with Gasteiger partial charge in [0.15, 0.2) is 0 Å². The van der Waals surface area contributed by atoms with Crippen LogP contribution in [0.2, 0.25) is 0 Å². The van der Waals surface area contributed by atoms with Crippen LogP contribution in [0.3, 0.4) is 0 Å². The number of hydrogen-bond acceptors (Lipinski definition) is 2. The first-order valence-electron chi connectivity index (χ1n) is 7.93. The van der Waals surface area contributed by atoms with Gasteiger partial charge in [0.2, 0.25) is 0 Å². The number of nitrogens with one attached hydrogen (secondary N) is 1. The maximum absolute atomic E-state index is 7.51. The van der Waals surface area contributed by atoms with Crippen molar-refractivity contribution >= 4 is 18.3 Å². The second kappa shape index (κ2) is 10.3. The Balaban J connectivity index is 0.000000275. The highest BCUT2D eigenvalue weighted by Gasteiger charge is 1.97. The molecule has 0 fully saturated rings. The van der Waals surface area contributed by atoms with Gasteiger partial charge in [-0.15, -0.1) is 12.6 Å². The van der Waals surface area contributed by atoms with E-state index in [1.165, 1.54) is 11.1 Å². The molecule has 0 saturated carbocycles. The third-order valence-corrected chi connectivity index (χ3v) is 3.60. The van der Waals surface area contributed by atoms with Crippen LogP contribution in [0.25, 0.3) is 11.1 Å². The minimum absolute atomic E-state index is 0.606. The van der Waals surface area contributed by atoms with Gasteiger partial charge in [-0.3, -0.25) is 0 Å². The van der Waals surface area contributed by atoms with E-state index in [0.717, 1.165) is 21.6 Å². The predicted molar refractivity (Wildman–Crippen MR) is 116 cm³/mol. The average molecular weight is 348 g/mol. The molecule has 2 rings (SSSR count). The largest absolute Gasteiger partial charge is 0.305 e. The first-order chi connectivity index (χ1) is 11.8. The van der Waals surface area contributed by atoms with E-state index in [1.54, 1.807) is 13.0 Å². The van der Waals surface area contributed by atoms with Crippen molar-refractivity contribution in [3.05, 3.63) is 108 Å². The van der Waals surface area contributed by atoms with Gasteiger partial charge in [-0.1, -0.05) is 86.0 Å². The van der Waals surface area contributed by atoms with E-state index in [-0.39, 0.29) is 0 Å². The van der Waals surface area contributed by atoms with E-state index in [2.05, 4.69) is 56.6 Å². The van der Waals surface area contributed by atoms with Crippen LogP contribution < -0.4 is 0 Å². The molecule has 0 aliphatic rings. The highest BCUT2D eigenvalue weighted by molar-refractivity contribution is 7.84. The molecule has 0 radical (unpaired) electrons. The molecular formula is C23H25NS. The minimum Gasteiger partial charge on any atom is -0.305 e. The Morgan fingerprint density at radius 2 is 1.36 bits per heavy atom. The summed E-state index contributed by atoms with van der Waals surface area (Å²) in [4.78, 5) is 0.724. The minimum atomic E-state index is 0.606. The lowest BCUT2D eigenvalue weighted by molar-refractivity contribution is 1.45. The Labute approximate surface area is 157 Å². The van der Waals surface area contributed by atoms with Crippen molar-refractivity contribution in [1.29, 1.82) is 5.41 Å². The Bertz CT molecular complexity index is 781. The van der Waals surface area contributed by atoms with Crippen LogP contribution >= 0.6 is 12.6 Å². The molecule has 1 N–H and O–H groups in total. The van der Waals surface area contributed by atoms with Gasteiger partial charge in [0.05, 0.1) is 0 Å². The van der Waals surface area contributed by atoms with Gasteiger partial charge < -0.3 is 5.41 Å². The zero-order valence-corrected chi connectivity index (χ0v) is 15.8. The van der Waals surface area contributed by atoms with Crippen molar-refractivity contribution in [2.75, 3.05) is 0 Å². The summed E-state index contributed by atoms with van der Waals surface area (Å²) in [5.41, 5.74) is 5.87. The molecule has 25 heavy (non-hydrogen) atoms. The second-order valence-electron chi connectivity index (χ2n) is 5.70. The van der Waals surface area contributed by atoms with Crippen LogP contribution in [-0.4, -0.2) is 5.71 Å². The fourth-order valence-corrected chi connectivity index (χ4v) is 1.96. The van der Waals surface area contributed by atoms with E-state index in [4.69, 9.17) is 5.41 Å². The summed E-state index contributed by atoms with van der Waals surface area (Å²) >= 11 is 3.99. The van der Waals surface area contributed by atoms with Gasteiger partial charge in [-0.2, -0.15) is 0 Å². The SMILES string of the molecule is C=C(S)/C=C\C(=C)C(=C)C.CC(=N)c1ccc(-c2ccccc2)cc1. The van der Waals surface area contributed by atoms with E-state index >= 15 is 0 Å². The molecule has 0 saturated heterocycles. The molecule has 0 aromatic heterocycles. The van der Waals surface area contributed by atoms with E-state index in [1.807, 2.05) is 43.3 Å². The summed E-state index contributed by atoms with van der Waals surface area (Å²) in [5.74, 6) is 0. The molecule has 0 atom stereocenters. The standard InChI is InChI=1S/C14H13N.C9H12S/c1-11(15)12-7-9-14(10-8-12)13-5-3-2-4-6-13;1-7(2)8(3)5-6-9(4)10/h2-10,15H,1H3;5-6,10H,1,3-4H2,2H3/b;6-5-. The van der Waals surface area contributed by atoms with Gasteiger partial charge in [-0.25, -0.2) is 0 Å². The predicted octanol–water partition coefficient (Wildman–Crippen LogP) is 6.86. The summed E-state index contributed by atoms with van der Waals surface area (Å²) in [5, 5.41) is 7.51. The molecule has 0 spiro atoms. The number of hydrogen-bond donors (Lipinski definition) is 2. The maximum Gasteiger partial charge on any atom is 0.0355 e. The Kier molecular flexibility index (Phi) is 8.45. The molecule has 2 aromatic carbocycles. The number of allylic oxidation sites excluding steroid dienone is 4. The molecule has 128 valence electrons. The number of thiol groups is 1. The molecule has 0 bridgehead atoms. The fourth-order valence-electron chi connectivity index (χ4n) is 1.88. The first-order valence-corrected chi connectivity index (χ1v) is 8.37. The van der Waals surface area contributed by atoms with Crippen molar-refractivity contribution < 1.29 is 0 Å². The molecule has 0 heterocycles. The topological polar surface area (TPSA) is 23.9 Å². The van der Waals surface area contributed by atoms with E-state index < -0.39 is 0 Å². The van der Waals surface area contributed by atoms with Crippen molar-refractivity contribution in [1.82, 2.24) is 0 Å². The number of benzene rings is 2. The average Bonchev–Trinajstić information content (AvgIpc) is 2.61. The first kappa shape index (κ1) is 20.5. The van der Waals surface area contributed by atoms with E-state index in [0.29, 0.717) is 5.71 Å². The lowest BCUT2D eigenvalue weighted by Gasteiger charge is -2.02. The summed E-state index contributed by atoms with van der Waals surface area (Å²) in [7, 11) is 0. The van der Waals surface area contributed by atoms with Gasteiger partial charge in [0.25, 0.3) is 0 Å². The highest BCUT2D eigenvalue weighted by atomic mass is 32.1. The summed E-state index contributed by atoms with van der Waals surface area (Å²) in [6.07, 6.45) is 3.64. The zero-order chi connectivity index (χ0) is 18.8. The molecule has 1 nitrogen and oxygen atoms in total. The third-order valence-electron chi connectivity index (χ3n) is 3.45. The van der Waals surface area contributed by atoms with Crippen molar-refractivity contribution in [3.8, 4) is 11.1 Å². The van der Waals surface area contributed by atoms with E-state index in [9.17, 15) is 0 Å². The van der Waals surface area contributed by atoms with Gasteiger partial charge in [-0.05, 0) is 47.1 Å². The Hall–Kier alpha value is -2.58. The van der Waals surface area contributed by atoms with Crippen LogP contribution in [0.4, 0.5) is 0 Å². The van der Waals surface area contributed by atoms with Gasteiger partial charge >= 0.3 is 0 Å². The molecular weight excluding hydrogens is 322 g/mol.